The Hall–Kier alpha value is -1.95. The van der Waals surface area contributed by atoms with Crippen molar-refractivity contribution in [3.63, 3.8) is 0 Å². The van der Waals surface area contributed by atoms with Crippen LogP contribution in [0.3, 0.4) is 0 Å². The van der Waals surface area contributed by atoms with E-state index in [0.29, 0.717) is 11.1 Å². The first-order chi connectivity index (χ1) is 9.77. The van der Waals surface area contributed by atoms with Crippen LogP contribution in [0, 0.1) is 0 Å². The van der Waals surface area contributed by atoms with E-state index in [4.69, 9.17) is 0 Å². The van der Waals surface area contributed by atoms with Crippen molar-refractivity contribution < 1.29 is 19.5 Å². The molecule has 1 aliphatic carbocycles. The minimum Gasteiger partial charge on any atom is -0.507 e. The van der Waals surface area contributed by atoms with Crippen molar-refractivity contribution in [2.75, 3.05) is 14.1 Å². The van der Waals surface area contributed by atoms with Crippen LogP contribution >= 0.6 is 0 Å². The number of hydrogen-bond acceptors (Lipinski definition) is 5. The summed E-state index contributed by atoms with van der Waals surface area (Å²) in [6.45, 7) is 3.30. The fraction of sp³-hybridized carbons (Fsp3) is 0.533. The zero-order chi connectivity index (χ0) is 15.6. The number of likely N-dealkylation sites (N-methyl/N-ethyl adjacent to an activating group) is 2. The number of amides is 1. The summed E-state index contributed by atoms with van der Waals surface area (Å²) in [6.07, 6.45) is 0.264. The monoisotopic (exact) mass is 290 g/mol. The fourth-order valence-corrected chi connectivity index (χ4v) is 3.64. The van der Waals surface area contributed by atoms with Crippen molar-refractivity contribution in [3.8, 4) is 0 Å². The summed E-state index contributed by atoms with van der Waals surface area (Å²) in [7, 11) is 3.50. The van der Waals surface area contributed by atoms with Gasteiger partial charge in [0.25, 0.3) is 0 Å². The molecule has 6 nitrogen and oxygen atoms in total. The third-order valence-electron chi connectivity index (χ3n) is 5.08. The lowest BCUT2D eigenvalue weighted by atomic mass is 9.74. The number of piperazine rings is 1. The molecule has 1 fully saturated rings. The third kappa shape index (κ3) is 1.59. The summed E-state index contributed by atoms with van der Waals surface area (Å²) in [6, 6.07) is -0.981. The number of allylic oxidation sites excluding steroid dienone is 2. The number of Topliss-reactive ketones (excluding diaryl/α,β-unsaturated/α-hetero) is 2. The number of rotatable bonds is 0. The van der Waals surface area contributed by atoms with Crippen molar-refractivity contribution in [1.82, 2.24) is 9.80 Å². The van der Waals surface area contributed by atoms with Gasteiger partial charge in [0.1, 0.15) is 5.76 Å². The highest BCUT2D eigenvalue weighted by Crippen LogP contribution is 2.41. The van der Waals surface area contributed by atoms with Crippen LogP contribution in [-0.4, -0.2) is 64.6 Å². The molecule has 0 spiro atoms. The van der Waals surface area contributed by atoms with Gasteiger partial charge in [0, 0.05) is 36.2 Å². The Bertz CT molecular complexity index is 646. The smallest absolute Gasteiger partial charge is 0.240 e. The van der Waals surface area contributed by atoms with Crippen LogP contribution in [0.25, 0.3) is 0 Å². The normalized spacial score (nSPS) is 33.8. The molecule has 1 saturated heterocycles. The SMILES string of the molecule is CC1=C(O)C2=C(C(=O)C1=O)[C@@H]1[C@@H](C)N(C)C(=O)[C@H](C2)N1C. The highest BCUT2D eigenvalue weighted by atomic mass is 16.3. The Morgan fingerprint density at radius 3 is 2.38 bits per heavy atom. The molecule has 0 radical (unpaired) electrons. The summed E-state index contributed by atoms with van der Waals surface area (Å²) in [5, 5.41) is 10.2. The van der Waals surface area contributed by atoms with Crippen LogP contribution in [0.15, 0.2) is 22.5 Å². The molecule has 0 saturated carbocycles. The van der Waals surface area contributed by atoms with Crippen LogP contribution in [0.1, 0.15) is 20.3 Å². The summed E-state index contributed by atoms with van der Waals surface area (Å²) in [5.74, 6) is -1.35. The van der Waals surface area contributed by atoms with E-state index in [0.717, 1.165) is 0 Å². The third-order valence-corrected chi connectivity index (χ3v) is 5.08. The van der Waals surface area contributed by atoms with Crippen LogP contribution in [0.5, 0.6) is 0 Å². The molecule has 2 heterocycles. The van der Waals surface area contributed by atoms with E-state index < -0.39 is 17.6 Å². The van der Waals surface area contributed by atoms with E-state index in [2.05, 4.69) is 0 Å². The minimum atomic E-state index is -0.648. The first kappa shape index (κ1) is 14.0. The van der Waals surface area contributed by atoms with Crippen LogP contribution in [0.4, 0.5) is 0 Å². The largest absolute Gasteiger partial charge is 0.507 e. The highest BCUT2D eigenvalue weighted by Gasteiger charge is 2.52. The first-order valence-corrected chi connectivity index (χ1v) is 6.98. The maximum atomic E-state index is 12.4. The molecule has 3 atom stereocenters. The molecule has 112 valence electrons. The van der Waals surface area contributed by atoms with Gasteiger partial charge >= 0.3 is 0 Å². The number of nitrogens with zero attached hydrogens (tertiary/aromatic N) is 2. The quantitative estimate of drug-likeness (QED) is 0.509. The van der Waals surface area contributed by atoms with E-state index in [1.165, 1.54) is 6.92 Å². The lowest BCUT2D eigenvalue weighted by molar-refractivity contribution is -0.147. The molecule has 0 aromatic rings. The molecule has 21 heavy (non-hydrogen) atoms. The molecule has 3 rings (SSSR count). The van der Waals surface area contributed by atoms with Gasteiger partial charge in [0.15, 0.2) is 0 Å². The summed E-state index contributed by atoms with van der Waals surface area (Å²) < 4.78 is 0. The zero-order valence-corrected chi connectivity index (χ0v) is 12.5. The predicted molar refractivity (Wildman–Crippen MR) is 74.6 cm³/mol. The molecule has 1 amide bonds. The second-order valence-electron chi connectivity index (χ2n) is 6.04. The number of hydrogen-bond donors (Lipinski definition) is 1. The average molecular weight is 290 g/mol. The van der Waals surface area contributed by atoms with E-state index in [1.54, 1.807) is 19.0 Å². The van der Waals surface area contributed by atoms with Gasteiger partial charge in [-0.1, -0.05) is 0 Å². The Kier molecular flexibility index (Phi) is 2.85. The van der Waals surface area contributed by atoms with Gasteiger partial charge in [-0.25, -0.2) is 0 Å². The van der Waals surface area contributed by atoms with E-state index in [9.17, 15) is 19.5 Å². The van der Waals surface area contributed by atoms with Crippen LogP contribution in [-0.2, 0) is 14.4 Å². The van der Waals surface area contributed by atoms with Gasteiger partial charge in [-0.2, -0.15) is 0 Å². The lowest BCUT2D eigenvalue weighted by Crippen LogP contribution is -2.67. The van der Waals surface area contributed by atoms with Crippen molar-refractivity contribution in [1.29, 1.82) is 0 Å². The molecular formula is C15H18N2O4. The second kappa shape index (κ2) is 4.27. The Balaban J connectivity index is 2.23. The Labute approximate surface area is 122 Å². The molecule has 6 heteroatoms. The number of aliphatic hydroxyl groups is 1. The predicted octanol–water partition coefficient (Wildman–Crippen LogP) is 0.200. The van der Waals surface area contributed by atoms with Crippen LogP contribution in [0.2, 0.25) is 0 Å². The van der Waals surface area contributed by atoms with Gasteiger partial charge in [-0.15, -0.1) is 0 Å². The van der Waals surface area contributed by atoms with Crippen molar-refractivity contribution in [3.05, 3.63) is 22.5 Å². The number of fused-ring (bicyclic) bond motifs is 3. The first-order valence-electron chi connectivity index (χ1n) is 6.98. The Morgan fingerprint density at radius 1 is 1.14 bits per heavy atom. The van der Waals surface area contributed by atoms with Gasteiger partial charge < -0.3 is 10.0 Å². The molecule has 2 aliphatic heterocycles. The number of carbonyl (C=O) groups excluding carboxylic acids is 3. The number of ketones is 2. The van der Waals surface area contributed by atoms with Crippen molar-refractivity contribution >= 4 is 17.5 Å². The van der Waals surface area contributed by atoms with E-state index in [-0.39, 0.29) is 35.7 Å². The van der Waals surface area contributed by atoms with Gasteiger partial charge in [-0.05, 0) is 20.9 Å². The second-order valence-corrected chi connectivity index (χ2v) is 6.04. The van der Waals surface area contributed by atoms with E-state index in [1.807, 2.05) is 11.8 Å². The van der Waals surface area contributed by atoms with Crippen molar-refractivity contribution in [2.45, 2.75) is 38.4 Å². The van der Waals surface area contributed by atoms with Crippen molar-refractivity contribution in [2.24, 2.45) is 0 Å². The van der Waals surface area contributed by atoms with Gasteiger partial charge in [0.05, 0.1) is 12.1 Å². The number of aliphatic hydroxyl groups excluding tert-OH is 1. The molecule has 1 N–H and O–H groups in total. The minimum absolute atomic E-state index is 0.0254. The highest BCUT2D eigenvalue weighted by molar-refractivity contribution is 6.50. The average Bonchev–Trinajstić information content (AvgIpc) is 2.46. The fourth-order valence-electron chi connectivity index (χ4n) is 3.64. The molecular weight excluding hydrogens is 272 g/mol. The molecule has 0 unspecified atom stereocenters. The summed E-state index contributed by atoms with van der Waals surface area (Å²) in [4.78, 5) is 40.3. The van der Waals surface area contributed by atoms with E-state index >= 15 is 0 Å². The Morgan fingerprint density at radius 2 is 1.76 bits per heavy atom. The lowest BCUT2D eigenvalue weighted by Gasteiger charge is -2.51. The molecule has 0 aromatic heterocycles. The molecule has 2 bridgehead atoms. The van der Waals surface area contributed by atoms with Gasteiger partial charge in [-0.3, -0.25) is 19.3 Å². The van der Waals surface area contributed by atoms with Crippen LogP contribution < -0.4 is 0 Å². The standard InChI is InChI=1S/C15H18N2O4/c1-6-12(18)8-5-9-15(21)16(3)7(2)11(17(9)4)10(8)14(20)13(6)19/h7,9,11,18H,5H2,1-4H3/t7-,9+,11+/m1/s1. The number of carbonyl (C=O) groups is 3. The maximum absolute atomic E-state index is 12.4. The van der Waals surface area contributed by atoms with Gasteiger partial charge in [0.2, 0.25) is 17.5 Å². The summed E-state index contributed by atoms with van der Waals surface area (Å²) in [5.41, 5.74) is 0.905. The zero-order valence-electron chi connectivity index (χ0n) is 12.5. The maximum Gasteiger partial charge on any atom is 0.240 e. The molecule has 0 aromatic carbocycles. The summed E-state index contributed by atoms with van der Waals surface area (Å²) >= 11 is 0. The topological polar surface area (TPSA) is 77.9 Å². The molecule has 3 aliphatic rings.